The molecule has 1 aromatic carbocycles. The summed E-state index contributed by atoms with van der Waals surface area (Å²) in [5.74, 6) is 0.485. The molecule has 2 N–H and O–H groups in total. The Kier molecular flexibility index (Phi) is 6.06. The molecule has 30 heavy (non-hydrogen) atoms. The van der Waals surface area contributed by atoms with Gasteiger partial charge in [0, 0.05) is 44.0 Å². The van der Waals surface area contributed by atoms with Gasteiger partial charge >= 0.3 is 0 Å². The lowest BCUT2D eigenvalue weighted by atomic mass is 9.96. The third-order valence-corrected chi connectivity index (χ3v) is 5.73. The molecule has 2 aliphatic rings. The van der Waals surface area contributed by atoms with Crippen molar-refractivity contribution < 1.29 is 18.4 Å². The SMILES string of the molecule is O=C(NCCCC(=O)N1CCC(c2nc(C3CC3)n[nH]2)CC1)c1ccc(F)cc1F. The monoisotopic (exact) mass is 417 g/mol. The summed E-state index contributed by atoms with van der Waals surface area (Å²) in [6, 6.07) is 2.82. The maximum absolute atomic E-state index is 13.6. The van der Waals surface area contributed by atoms with Crippen molar-refractivity contribution in [2.45, 2.75) is 50.4 Å². The Hall–Kier alpha value is -2.84. The number of nitrogens with zero attached hydrogens (tertiary/aromatic N) is 3. The molecule has 2 amide bonds. The van der Waals surface area contributed by atoms with Gasteiger partial charge in [0.25, 0.3) is 5.91 Å². The maximum atomic E-state index is 13.6. The molecule has 9 heteroatoms. The first kappa shape index (κ1) is 20.4. The summed E-state index contributed by atoms with van der Waals surface area (Å²) in [5.41, 5.74) is -0.206. The van der Waals surface area contributed by atoms with E-state index in [-0.39, 0.29) is 18.0 Å². The number of carbonyl (C=O) groups is 2. The van der Waals surface area contributed by atoms with E-state index in [1.165, 1.54) is 12.8 Å². The molecule has 0 spiro atoms. The van der Waals surface area contributed by atoms with Crippen molar-refractivity contribution in [3.8, 4) is 0 Å². The average molecular weight is 417 g/mol. The molecular weight excluding hydrogens is 392 g/mol. The van der Waals surface area contributed by atoms with E-state index in [1.54, 1.807) is 0 Å². The first-order valence-electron chi connectivity index (χ1n) is 10.4. The van der Waals surface area contributed by atoms with Gasteiger partial charge in [0.1, 0.15) is 17.5 Å². The highest BCUT2D eigenvalue weighted by atomic mass is 19.1. The summed E-state index contributed by atoms with van der Waals surface area (Å²) in [7, 11) is 0. The van der Waals surface area contributed by atoms with Gasteiger partial charge in [-0.3, -0.25) is 14.7 Å². The van der Waals surface area contributed by atoms with Crippen LogP contribution in [-0.2, 0) is 4.79 Å². The number of hydrogen-bond donors (Lipinski definition) is 2. The Morgan fingerprint density at radius 1 is 1.13 bits per heavy atom. The third-order valence-electron chi connectivity index (χ3n) is 5.73. The van der Waals surface area contributed by atoms with Crippen LogP contribution in [0.3, 0.4) is 0 Å². The van der Waals surface area contributed by atoms with E-state index < -0.39 is 17.5 Å². The second-order valence-corrected chi connectivity index (χ2v) is 7.99. The van der Waals surface area contributed by atoms with Crippen LogP contribution in [0.5, 0.6) is 0 Å². The quantitative estimate of drug-likeness (QED) is 0.678. The zero-order valence-electron chi connectivity index (χ0n) is 16.7. The second kappa shape index (κ2) is 8.89. The van der Waals surface area contributed by atoms with E-state index in [9.17, 15) is 18.4 Å². The summed E-state index contributed by atoms with van der Waals surface area (Å²) >= 11 is 0. The van der Waals surface area contributed by atoms with Crippen LogP contribution < -0.4 is 5.32 Å². The number of likely N-dealkylation sites (tertiary alicyclic amines) is 1. The van der Waals surface area contributed by atoms with Crippen molar-refractivity contribution in [2.24, 2.45) is 0 Å². The van der Waals surface area contributed by atoms with Crippen LogP contribution in [0, 0.1) is 11.6 Å². The Labute approximate surface area is 173 Å². The number of aromatic amines is 1. The molecule has 0 atom stereocenters. The lowest BCUT2D eigenvalue weighted by Gasteiger charge is -2.31. The largest absolute Gasteiger partial charge is 0.352 e. The van der Waals surface area contributed by atoms with Crippen molar-refractivity contribution in [1.29, 1.82) is 0 Å². The van der Waals surface area contributed by atoms with Crippen LogP contribution in [0.4, 0.5) is 8.78 Å². The fraction of sp³-hybridized carbons (Fsp3) is 0.524. The van der Waals surface area contributed by atoms with Crippen LogP contribution in [0.2, 0.25) is 0 Å². The number of H-pyrrole nitrogens is 1. The van der Waals surface area contributed by atoms with Gasteiger partial charge in [-0.15, -0.1) is 0 Å². The molecule has 1 aliphatic carbocycles. The first-order valence-corrected chi connectivity index (χ1v) is 10.4. The molecule has 4 rings (SSSR count). The number of aromatic nitrogens is 3. The van der Waals surface area contributed by atoms with Gasteiger partial charge in [0.15, 0.2) is 5.82 Å². The number of carbonyl (C=O) groups excluding carboxylic acids is 2. The smallest absolute Gasteiger partial charge is 0.254 e. The lowest BCUT2D eigenvalue weighted by Crippen LogP contribution is -2.38. The normalized spacial score (nSPS) is 17.2. The fourth-order valence-electron chi connectivity index (χ4n) is 3.77. The van der Waals surface area contributed by atoms with Crippen molar-refractivity contribution in [3.05, 3.63) is 47.0 Å². The topological polar surface area (TPSA) is 91.0 Å². The van der Waals surface area contributed by atoms with Crippen LogP contribution in [0.15, 0.2) is 18.2 Å². The average Bonchev–Trinajstić information content (AvgIpc) is 3.47. The van der Waals surface area contributed by atoms with Crippen molar-refractivity contribution in [2.75, 3.05) is 19.6 Å². The predicted molar refractivity (Wildman–Crippen MR) is 105 cm³/mol. The predicted octanol–water partition coefficient (Wildman–Crippen LogP) is 2.88. The summed E-state index contributed by atoms with van der Waals surface area (Å²) < 4.78 is 26.5. The summed E-state index contributed by atoms with van der Waals surface area (Å²) in [5, 5.41) is 9.94. The first-order chi connectivity index (χ1) is 14.5. The molecule has 2 heterocycles. The lowest BCUT2D eigenvalue weighted by molar-refractivity contribution is -0.132. The number of nitrogens with one attached hydrogen (secondary N) is 2. The number of halogens is 2. The van der Waals surface area contributed by atoms with Gasteiger partial charge in [-0.1, -0.05) is 0 Å². The summed E-state index contributed by atoms with van der Waals surface area (Å²) in [6.45, 7) is 1.60. The van der Waals surface area contributed by atoms with E-state index in [0.717, 1.165) is 36.6 Å². The molecular formula is C21H25F2N5O2. The van der Waals surface area contributed by atoms with Gasteiger partial charge in [0.05, 0.1) is 5.56 Å². The second-order valence-electron chi connectivity index (χ2n) is 7.99. The Morgan fingerprint density at radius 2 is 1.90 bits per heavy atom. The highest BCUT2D eigenvalue weighted by Gasteiger charge is 2.30. The van der Waals surface area contributed by atoms with Crippen LogP contribution in [0.1, 0.15) is 72.4 Å². The number of amides is 2. The Morgan fingerprint density at radius 3 is 2.60 bits per heavy atom. The number of hydrogen-bond acceptors (Lipinski definition) is 4. The molecule has 0 radical (unpaired) electrons. The Bertz CT molecular complexity index is 920. The number of piperidine rings is 1. The highest BCUT2D eigenvalue weighted by molar-refractivity contribution is 5.94. The van der Waals surface area contributed by atoms with E-state index >= 15 is 0 Å². The molecule has 0 unspecified atom stereocenters. The minimum atomic E-state index is -0.901. The maximum Gasteiger partial charge on any atom is 0.254 e. The molecule has 1 saturated heterocycles. The number of benzene rings is 1. The van der Waals surface area contributed by atoms with Crippen molar-refractivity contribution >= 4 is 11.8 Å². The Balaban J connectivity index is 1.16. The van der Waals surface area contributed by atoms with E-state index in [4.69, 9.17) is 0 Å². The number of rotatable bonds is 7. The third kappa shape index (κ3) is 4.83. The fourth-order valence-corrected chi connectivity index (χ4v) is 3.77. The zero-order chi connectivity index (χ0) is 21.1. The summed E-state index contributed by atoms with van der Waals surface area (Å²) in [4.78, 5) is 30.8. The molecule has 2 aromatic rings. The summed E-state index contributed by atoms with van der Waals surface area (Å²) in [6.07, 6.45) is 4.81. The van der Waals surface area contributed by atoms with Crippen molar-refractivity contribution in [3.63, 3.8) is 0 Å². The molecule has 1 saturated carbocycles. The molecule has 7 nitrogen and oxygen atoms in total. The van der Waals surface area contributed by atoms with Gasteiger partial charge in [0.2, 0.25) is 5.91 Å². The van der Waals surface area contributed by atoms with Gasteiger partial charge < -0.3 is 10.2 Å². The van der Waals surface area contributed by atoms with Gasteiger partial charge in [-0.25, -0.2) is 13.8 Å². The standard InChI is InChI=1S/C21H25F2N5O2/c22-15-5-6-16(17(23)12-15)21(30)24-9-1-2-18(29)28-10-7-14(8-11-28)20-25-19(26-27-20)13-3-4-13/h5-6,12-14H,1-4,7-11H2,(H,24,30)(H,25,26,27). The molecule has 2 fully saturated rings. The minimum Gasteiger partial charge on any atom is -0.352 e. The van der Waals surface area contributed by atoms with E-state index in [0.29, 0.717) is 43.8 Å². The van der Waals surface area contributed by atoms with Crippen LogP contribution in [-0.4, -0.2) is 51.5 Å². The molecule has 1 aromatic heterocycles. The van der Waals surface area contributed by atoms with Crippen molar-refractivity contribution in [1.82, 2.24) is 25.4 Å². The zero-order valence-corrected chi connectivity index (χ0v) is 16.7. The molecule has 1 aliphatic heterocycles. The van der Waals surface area contributed by atoms with Gasteiger partial charge in [-0.2, -0.15) is 5.10 Å². The van der Waals surface area contributed by atoms with E-state index in [2.05, 4.69) is 20.5 Å². The molecule has 160 valence electrons. The van der Waals surface area contributed by atoms with Gasteiger partial charge in [-0.05, 0) is 44.2 Å². The highest BCUT2D eigenvalue weighted by Crippen LogP contribution is 2.38. The van der Waals surface area contributed by atoms with Crippen LogP contribution in [0.25, 0.3) is 0 Å². The van der Waals surface area contributed by atoms with E-state index in [1.807, 2.05) is 4.90 Å². The minimum absolute atomic E-state index is 0.0481. The molecule has 0 bridgehead atoms. The van der Waals surface area contributed by atoms with Crippen LogP contribution >= 0.6 is 0 Å².